The third-order valence-corrected chi connectivity index (χ3v) is 4.91. The number of carbonyl (C=O) groups is 1. The van der Waals surface area contributed by atoms with E-state index in [2.05, 4.69) is 9.97 Å². The van der Waals surface area contributed by atoms with E-state index in [0.717, 1.165) is 37.4 Å². The van der Waals surface area contributed by atoms with E-state index >= 15 is 0 Å². The molecule has 0 N–H and O–H groups in total. The van der Waals surface area contributed by atoms with Crippen LogP contribution in [0.2, 0.25) is 0 Å². The zero-order valence-electron chi connectivity index (χ0n) is 12.9. The zero-order chi connectivity index (χ0) is 14.7. The van der Waals surface area contributed by atoms with Gasteiger partial charge < -0.3 is 4.90 Å². The minimum absolute atomic E-state index is 0.320. The van der Waals surface area contributed by atoms with Gasteiger partial charge in [0.25, 0.3) is 0 Å². The Morgan fingerprint density at radius 3 is 2.86 bits per heavy atom. The molecule has 1 atom stereocenters. The van der Waals surface area contributed by atoms with Crippen molar-refractivity contribution in [3.05, 3.63) is 23.8 Å². The highest BCUT2D eigenvalue weighted by molar-refractivity contribution is 5.76. The fourth-order valence-electron chi connectivity index (χ4n) is 3.63. The van der Waals surface area contributed by atoms with Gasteiger partial charge in [-0.05, 0) is 38.2 Å². The van der Waals surface area contributed by atoms with E-state index in [-0.39, 0.29) is 0 Å². The van der Waals surface area contributed by atoms with Gasteiger partial charge >= 0.3 is 0 Å². The molecule has 21 heavy (non-hydrogen) atoms. The van der Waals surface area contributed by atoms with Gasteiger partial charge in [-0.15, -0.1) is 0 Å². The maximum Gasteiger partial charge on any atom is 0.222 e. The molecule has 4 heteroatoms. The minimum Gasteiger partial charge on any atom is -0.342 e. The van der Waals surface area contributed by atoms with Crippen LogP contribution in [0.3, 0.4) is 0 Å². The smallest absolute Gasteiger partial charge is 0.222 e. The molecule has 1 aromatic heterocycles. The average Bonchev–Trinajstić information content (AvgIpc) is 2.98. The topological polar surface area (TPSA) is 46.1 Å². The predicted molar refractivity (Wildman–Crippen MR) is 81.9 cm³/mol. The number of hydrogen-bond donors (Lipinski definition) is 0. The largest absolute Gasteiger partial charge is 0.342 e. The Bertz CT molecular complexity index is 497. The molecule has 1 aromatic rings. The van der Waals surface area contributed by atoms with Crippen LogP contribution in [0.5, 0.6) is 0 Å². The van der Waals surface area contributed by atoms with Crippen molar-refractivity contribution >= 4 is 5.91 Å². The van der Waals surface area contributed by atoms with Crippen LogP contribution < -0.4 is 0 Å². The predicted octanol–water partition coefficient (Wildman–Crippen LogP) is 3.07. The Balaban J connectivity index is 1.55. The van der Waals surface area contributed by atoms with E-state index < -0.39 is 0 Å². The van der Waals surface area contributed by atoms with Crippen molar-refractivity contribution in [3.63, 3.8) is 0 Å². The molecule has 2 heterocycles. The molecule has 2 fully saturated rings. The van der Waals surface area contributed by atoms with Crippen molar-refractivity contribution in [2.75, 3.05) is 13.1 Å². The maximum absolute atomic E-state index is 12.4. The van der Waals surface area contributed by atoms with Crippen LogP contribution in [0, 0.1) is 12.8 Å². The van der Waals surface area contributed by atoms with Gasteiger partial charge in [0.2, 0.25) is 5.91 Å². The molecule has 1 saturated heterocycles. The van der Waals surface area contributed by atoms with Crippen molar-refractivity contribution in [1.29, 1.82) is 0 Å². The van der Waals surface area contributed by atoms with E-state index in [1.54, 1.807) is 0 Å². The molecule has 0 aromatic carbocycles. The second-order valence-electron chi connectivity index (χ2n) is 6.59. The second kappa shape index (κ2) is 6.54. The molecule has 0 bridgehead atoms. The number of aryl methyl sites for hydroxylation is 1. The van der Waals surface area contributed by atoms with Crippen LogP contribution in [0.25, 0.3) is 0 Å². The van der Waals surface area contributed by atoms with Crippen molar-refractivity contribution in [2.45, 2.75) is 57.8 Å². The Labute approximate surface area is 127 Å². The number of nitrogens with zero attached hydrogens (tertiary/aromatic N) is 3. The van der Waals surface area contributed by atoms with Crippen molar-refractivity contribution in [3.8, 4) is 0 Å². The summed E-state index contributed by atoms with van der Waals surface area (Å²) in [4.78, 5) is 23.4. The molecule has 1 aliphatic heterocycles. The number of amides is 1. The summed E-state index contributed by atoms with van der Waals surface area (Å²) >= 11 is 0. The Hall–Kier alpha value is -1.45. The summed E-state index contributed by atoms with van der Waals surface area (Å²) in [6.07, 6.45) is 10.0. The Morgan fingerprint density at radius 2 is 2.10 bits per heavy atom. The van der Waals surface area contributed by atoms with Crippen LogP contribution >= 0.6 is 0 Å². The summed E-state index contributed by atoms with van der Waals surface area (Å²) in [6.45, 7) is 3.66. The molecule has 0 spiro atoms. The second-order valence-corrected chi connectivity index (χ2v) is 6.59. The van der Waals surface area contributed by atoms with Crippen LogP contribution in [0.1, 0.15) is 62.4 Å². The lowest BCUT2D eigenvalue weighted by atomic mass is 9.87. The first-order valence-corrected chi connectivity index (χ1v) is 8.29. The molecule has 4 nitrogen and oxygen atoms in total. The molecule has 0 radical (unpaired) electrons. The summed E-state index contributed by atoms with van der Waals surface area (Å²) in [5.74, 6) is 2.20. The van der Waals surface area contributed by atoms with E-state index in [9.17, 15) is 4.79 Å². The molecule has 114 valence electrons. The number of rotatable bonds is 3. The molecule has 1 aliphatic carbocycles. The van der Waals surface area contributed by atoms with Crippen LogP contribution in [-0.4, -0.2) is 33.9 Å². The van der Waals surface area contributed by atoms with Crippen molar-refractivity contribution in [1.82, 2.24) is 14.9 Å². The summed E-state index contributed by atoms with van der Waals surface area (Å²) in [7, 11) is 0. The minimum atomic E-state index is 0.320. The number of aromatic nitrogens is 2. The van der Waals surface area contributed by atoms with Gasteiger partial charge in [0.15, 0.2) is 0 Å². The third-order valence-electron chi connectivity index (χ3n) is 4.91. The summed E-state index contributed by atoms with van der Waals surface area (Å²) in [5, 5.41) is 0. The van der Waals surface area contributed by atoms with Crippen LogP contribution in [0.15, 0.2) is 12.3 Å². The number of likely N-dealkylation sites (tertiary alicyclic amines) is 1. The monoisotopic (exact) mass is 287 g/mol. The molecule has 1 saturated carbocycles. The lowest BCUT2D eigenvalue weighted by Gasteiger charge is -2.24. The van der Waals surface area contributed by atoms with Gasteiger partial charge in [-0.25, -0.2) is 9.97 Å². The normalized spacial score (nSPS) is 23.5. The van der Waals surface area contributed by atoms with Gasteiger partial charge in [-0.1, -0.05) is 19.3 Å². The first-order chi connectivity index (χ1) is 10.2. The summed E-state index contributed by atoms with van der Waals surface area (Å²) < 4.78 is 0. The highest BCUT2D eigenvalue weighted by Crippen LogP contribution is 2.29. The van der Waals surface area contributed by atoms with Gasteiger partial charge in [0.1, 0.15) is 5.82 Å². The zero-order valence-corrected chi connectivity index (χ0v) is 12.9. The Kier molecular flexibility index (Phi) is 4.51. The van der Waals surface area contributed by atoms with Gasteiger partial charge in [-0.3, -0.25) is 4.79 Å². The van der Waals surface area contributed by atoms with E-state index in [0.29, 0.717) is 17.7 Å². The standard InChI is InChI=1S/C17H25N3O/c1-13-7-9-18-17(19-13)15-8-10-20(12-15)16(21)11-14-5-3-2-4-6-14/h7,9,14-15H,2-6,8,10-12H2,1H3/t15-/m1/s1. The SMILES string of the molecule is Cc1ccnc([C@@H]2CCN(C(=O)CC3CCCCC3)C2)n1. The summed E-state index contributed by atoms with van der Waals surface area (Å²) in [6, 6.07) is 1.92. The molecule has 2 aliphatic rings. The first-order valence-electron chi connectivity index (χ1n) is 8.29. The maximum atomic E-state index is 12.4. The lowest BCUT2D eigenvalue weighted by Crippen LogP contribution is -2.30. The molecular formula is C17H25N3O. The van der Waals surface area contributed by atoms with Crippen LogP contribution in [0.4, 0.5) is 0 Å². The van der Waals surface area contributed by atoms with Gasteiger partial charge in [0, 0.05) is 37.3 Å². The quantitative estimate of drug-likeness (QED) is 0.858. The van der Waals surface area contributed by atoms with Gasteiger partial charge in [0.05, 0.1) is 0 Å². The molecular weight excluding hydrogens is 262 g/mol. The fourth-order valence-corrected chi connectivity index (χ4v) is 3.63. The van der Waals surface area contributed by atoms with E-state index in [4.69, 9.17) is 0 Å². The molecule has 3 rings (SSSR count). The lowest BCUT2D eigenvalue weighted by molar-refractivity contribution is -0.131. The van der Waals surface area contributed by atoms with E-state index in [1.165, 1.54) is 32.1 Å². The molecule has 0 unspecified atom stereocenters. The van der Waals surface area contributed by atoms with Crippen molar-refractivity contribution < 1.29 is 4.79 Å². The van der Waals surface area contributed by atoms with Gasteiger partial charge in [-0.2, -0.15) is 0 Å². The van der Waals surface area contributed by atoms with E-state index in [1.807, 2.05) is 24.1 Å². The third kappa shape index (κ3) is 3.60. The molecule has 1 amide bonds. The highest BCUT2D eigenvalue weighted by atomic mass is 16.2. The van der Waals surface area contributed by atoms with Crippen molar-refractivity contribution in [2.24, 2.45) is 5.92 Å². The number of hydrogen-bond acceptors (Lipinski definition) is 3. The average molecular weight is 287 g/mol. The summed E-state index contributed by atoms with van der Waals surface area (Å²) in [5.41, 5.74) is 1.01. The van der Waals surface area contributed by atoms with Crippen LogP contribution in [-0.2, 0) is 4.79 Å². The first kappa shape index (κ1) is 14.5. The highest BCUT2D eigenvalue weighted by Gasteiger charge is 2.30. The Morgan fingerprint density at radius 1 is 1.29 bits per heavy atom. The number of carbonyl (C=O) groups excluding carboxylic acids is 1. The fraction of sp³-hybridized carbons (Fsp3) is 0.706.